The lowest BCUT2D eigenvalue weighted by Crippen LogP contribution is -3.00. The van der Waals surface area contributed by atoms with Gasteiger partial charge in [-0.05, 0) is 37.3 Å². The third-order valence-electron chi connectivity index (χ3n) is 6.60. The molecule has 5 atom stereocenters. The Labute approximate surface area is 172 Å². The number of aliphatic hydroxyl groups excluding tert-OH is 1. The Balaban J connectivity index is 1.65. The van der Waals surface area contributed by atoms with Crippen LogP contribution in [-0.2, 0) is 19.9 Å². The van der Waals surface area contributed by atoms with Gasteiger partial charge < -0.3 is 20.5 Å². The van der Waals surface area contributed by atoms with Gasteiger partial charge in [0, 0.05) is 5.56 Å². The van der Waals surface area contributed by atoms with E-state index in [1.807, 2.05) is 12.1 Å². The SMILES string of the molecule is COc1ccc(N2C(=O)[C@@H]3[C@H]([C@@H](C)O)[NH2+][C@]4(C(=O)Nc5ccccc54)[C@@H]3C2=O)cc1. The van der Waals surface area contributed by atoms with Crippen molar-refractivity contribution in [3.63, 3.8) is 0 Å². The van der Waals surface area contributed by atoms with Crippen LogP contribution in [0.15, 0.2) is 48.5 Å². The van der Waals surface area contributed by atoms with Crippen LogP contribution in [-0.4, -0.2) is 42.1 Å². The molecule has 2 saturated heterocycles. The second-order valence-corrected chi connectivity index (χ2v) is 8.07. The van der Waals surface area contributed by atoms with Gasteiger partial charge in [0.15, 0.2) is 0 Å². The summed E-state index contributed by atoms with van der Waals surface area (Å²) < 4.78 is 5.16. The van der Waals surface area contributed by atoms with Crippen LogP contribution in [0.25, 0.3) is 0 Å². The molecule has 1 spiro atoms. The van der Waals surface area contributed by atoms with Gasteiger partial charge in [0.1, 0.15) is 29.7 Å². The van der Waals surface area contributed by atoms with Crippen LogP contribution in [0.3, 0.4) is 0 Å². The van der Waals surface area contributed by atoms with Crippen molar-refractivity contribution < 1.29 is 29.5 Å². The van der Waals surface area contributed by atoms with E-state index in [-0.39, 0.29) is 5.91 Å². The van der Waals surface area contributed by atoms with Gasteiger partial charge in [0.2, 0.25) is 17.4 Å². The number of amides is 3. The number of carbonyl (C=O) groups is 3. The van der Waals surface area contributed by atoms with E-state index in [9.17, 15) is 19.5 Å². The van der Waals surface area contributed by atoms with Crippen LogP contribution in [0.1, 0.15) is 12.5 Å². The first kappa shape index (κ1) is 18.8. The van der Waals surface area contributed by atoms with Crippen LogP contribution in [0, 0.1) is 11.8 Å². The Morgan fingerprint density at radius 3 is 2.47 bits per heavy atom. The molecule has 0 radical (unpaired) electrons. The minimum atomic E-state index is -1.28. The molecule has 2 fully saturated rings. The molecule has 0 saturated carbocycles. The Morgan fingerprint density at radius 1 is 1.10 bits per heavy atom. The highest BCUT2D eigenvalue weighted by atomic mass is 16.5. The first-order chi connectivity index (χ1) is 14.4. The van der Waals surface area contributed by atoms with E-state index < -0.39 is 41.3 Å². The van der Waals surface area contributed by atoms with Crippen molar-refractivity contribution >= 4 is 29.1 Å². The van der Waals surface area contributed by atoms with Crippen molar-refractivity contribution in [3.05, 3.63) is 54.1 Å². The number of nitrogens with zero attached hydrogens (tertiary/aromatic N) is 1. The van der Waals surface area contributed by atoms with E-state index in [0.29, 0.717) is 22.7 Å². The zero-order valence-electron chi connectivity index (χ0n) is 16.5. The van der Waals surface area contributed by atoms with Crippen LogP contribution >= 0.6 is 0 Å². The van der Waals surface area contributed by atoms with Crippen molar-refractivity contribution in [2.45, 2.75) is 24.6 Å². The fourth-order valence-electron chi connectivity index (χ4n) is 5.27. The highest BCUT2D eigenvalue weighted by Crippen LogP contribution is 2.50. The summed E-state index contributed by atoms with van der Waals surface area (Å²) in [6, 6.07) is 13.2. The quantitative estimate of drug-likeness (QED) is 0.618. The lowest BCUT2D eigenvalue weighted by molar-refractivity contribution is -0.738. The van der Waals surface area contributed by atoms with Gasteiger partial charge in [-0.2, -0.15) is 0 Å². The summed E-state index contributed by atoms with van der Waals surface area (Å²) in [7, 11) is 1.54. The standard InChI is InChI=1S/C22H21N3O5/c1-11(26)18-16-17(22(24-18)14-5-3-4-6-15(14)23-21(22)29)20(28)25(19(16)27)12-7-9-13(30-2)10-8-12/h3-11,16-18,24,26H,1-2H3,(H,23,29)/p+1/t11-,16+,17+,18+,22+/m1/s1. The molecule has 3 aliphatic rings. The number of imide groups is 1. The number of rotatable bonds is 3. The summed E-state index contributed by atoms with van der Waals surface area (Å²) in [5.41, 5.74) is 0.445. The molecule has 2 aromatic rings. The van der Waals surface area contributed by atoms with E-state index in [0.717, 1.165) is 4.90 Å². The molecule has 8 heteroatoms. The number of methoxy groups -OCH3 is 1. The smallest absolute Gasteiger partial charge is 0.291 e. The molecule has 0 aromatic heterocycles. The van der Waals surface area contributed by atoms with Crippen LogP contribution in [0.2, 0.25) is 0 Å². The molecule has 3 heterocycles. The van der Waals surface area contributed by atoms with Crippen molar-refractivity contribution in [3.8, 4) is 5.75 Å². The average molecular weight is 408 g/mol. The number of nitrogens with two attached hydrogens (primary N) is 1. The molecule has 0 aliphatic carbocycles. The number of quaternary nitrogens is 1. The normalized spacial score (nSPS) is 30.4. The summed E-state index contributed by atoms with van der Waals surface area (Å²) in [5.74, 6) is -2.27. The molecule has 4 N–H and O–H groups in total. The van der Waals surface area contributed by atoms with Crippen molar-refractivity contribution in [1.29, 1.82) is 0 Å². The van der Waals surface area contributed by atoms with E-state index in [4.69, 9.17) is 4.74 Å². The number of aliphatic hydroxyl groups is 1. The topological polar surface area (TPSA) is 113 Å². The number of para-hydroxylation sites is 1. The number of hydrogen-bond donors (Lipinski definition) is 3. The first-order valence-electron chi connectivity index (χ1n) is 9.87. The molecule has 2 aromatic carbocycles. The van der Waals surface area contributed by atoms with Gasteiger partial charge in [-0.3, -0.25) is 14.4 Å². The van der Waals surface area contributed by atoms with Gasteiger partial charge in [0.05, 0.1) is 18.5 Å². The second kappa shape index (κ2) is 6.38. The fraction of sp³-hybridized carbons (Fsp3) is 0.318. The van der Waals surface area contributed by atoms with E-state index >= 15 is 0 Å². The third-order valence-corrected chi connectivity index (χ3v) is 6.60. The molecule has 30 heavy (non-hydrogen) atoms. The maximum absolute atomic E-state index is 13.6. The maximum Gasteiger partial charge on any atom is 0.291 e. The minimum Gasteiger partial charge on any atom is -0.497 e. The minimum absolute atomic E-state index is 0.334. The first-order valence-corrected chi connectivity index (χ1v) is 9.87. The second-order valence-electron chi connectivity index (χ2n) is 8.07. The average Bonchev–Trinajstić information content (AvgIpc) is 3.33. The number of fused-ring (bicyclic) bond motifs is 4. The number of carbonyl (C=O) groups excluding carboxylic acids is 3. The molecular formula is C22H22N3O5+. The van der Waals surface area contributed by atoms with Crippen LogP contribution in [0.4, 0.5) is 11.4 Å². The van der Waals surface area contributed by atoms with Gasteiger partial charge in [-0.15, -0.1) is 0 Å². The van der Waals surface area contributed by atoms with Gasteiger partial charge >= 0.3 is 0 Å². The molecule has 8 nitrogen and oxygen atoms in total. The Morgan fingerprint density at radius 2 is 1.80 bits per heavy atom. The van der Waals surface area contributed by atoms with Crippen LogP contribution < -0.4 is 20.3 Å². The maximum atomic E-state index is 13.6. The van der Waals surface area contributed by atoms with Gasteiger partial charge in [0.25, 0.3) is 5.91 Å². The molecule has 154 valence electrons. The summed E-state index contributed by atoms with van der Waals surface area (Å²) in [6.07, 6.45) is -0.884. The van der Waals surface area contributed by atoms with Crippen molar-refractivity contribution in [2.75, 3.05) is 17.3 Å². The Kier molecular flexibility index (Phi) is 4.00. The molecule has 0 bridgehead atoms. The molecular weight excluding hydrogens is 386 g/mol. The number of nitrogens with one attached hydrogen (secondary N) is 1. The largest absolute Gasteiger partial charge is 0.497 e. The lowest BCUT2D eigenvalue weighted by Gasteiger charge is -2.27. The third kappa shape index (κ3) is 2.26. The number of ether oxygens (including phenoxy) is 1. The van der Waals surface area contributed by atoms with Gasteiger partial charge in [-0.1, -0.05) is 18.2 Å². The summed E-state index contributed by atoms with van der Waals surface area (Å²) in [4.78, 5) is 41.4. The highest BCUT2D eigenvalue weighted by Gasteiger charge is 2.75. The molecule has 0 unspecified atom stereocenters. The van der Waals surface area contributed by atoms with Crippen molar-refractivity contribution in [2.24, 2.45) is 11.8 Å². The Bertz CT molecular complexity index is 1070. The molecule has 5 rings (SSSR count). The monoisotopic (exact) mass is 408 g/mol. The Hall–Kier alpha value is -3.23. The zero-order valence-corrected chi connectivity index (χ0v) is 16.5. The highest BCUT2D eigenvalue weighted by molar-refractivity contribution is 6.25. The molecule has 3 aliphatic heterocycles. The van der Waals surface area contributed by atoms with Crippen molar-refractivity contribution in [1.82, 2.24) is 0 Å². The number of hydrogen-bond acceptors (Lipinski definition) is 5. The number of benzene rings is 2. The van der Waals surface area contributed by atoms with E-state index in [1.54, 1.807) is 48.6 Å². The predicted octanol–water partition coefficient (Wildman–Crippen LogP) is -0.0252. The number of anilines is 2. The zero-order chi connectivity index (χ0) is 21.2. The summed E-state index contributed by atoms with van der Waals surface area (Å²) in [5, 5.41) is 15.0. The fourth-order valence-corrected chi connectivity index (χ4v) is 5.27. The lowest BCUT2D eigenvalue weighted by atomic mass is 9.76. The van der Waals surface area contributed by atoms with E-state index in [1.165, 1.54) is 7.11 Å². The molecule has 3 amide bonds. The predicted molar refractivity (Wildman–Crippen MR) is 107 cm³/mol. The van der Waals surface area contributed by atoms with Crippen LogP contribution in [0.5, 0.6) is 5.75 Å². The van der Waals surface area contributed by atoms with E-state index in [2.05, 4.69) is 5.32 Å². The summed E-state index contributed by atoms with van der Waals surface area (Å²) >= 11 is 0. The van der Waals surface area contributed by atoms with Gasteiger partial charge in [-0.25, -0.2) is 4.90 Å². The summed E-state index contributed by atoms with van der Waals surface area (Å²) in [6.45, 7) is 1.59.